The number of aromatic nitrogens is 3. The molecule has 2 N–H and O–H groups in total. The molecule has 4 heterocycles. The number of amides is 1. The maximum Gasteiger partial charge on any atom is 0.260 e. The van der Waals surface area contributed by atoms with Gasteiger partial charge < -0.3 is 25.0 Å². The Hall–Kier alpha value is -3.24. The molecule has 1 amide bonds. The van der Waals surface area contributed by atoms with E-state index >= 15 is 0 Å². The molecule has 2 fully saturated rings. The highest BCUT2D eigenvalue weighted by Gasteiger charge is 2.22. The van der Waals surface area contributed by atoms with E-state index in [0.29, 0.717) is 22.7 Å². The lowest BCUT2D eigenvalue weighted by Gasteiger charge is -2.30. The first kappa shape index (κ1) is 21.6. The van der Waals surface area contributed by atoms with Gasteiger partial charge in [0.15, 0.2) is 18.2 Å². The van der Waals surface area contributed by atoms with Crippen LogP contribution in [0.5, 0.6) is 11.6 Å². The van der Waals surface area contributed by atoms with E-state index in [1.165, 1.54) is 18.5 Å². The second-order valence-electron chi connectivity index (χ2n) is 7.86. The standard InChI is InChI=1S/C22H22ClFN6O3/c23-19-16(32-11-18(31)30-8-1-9-30)4-2-14(20(19)24)28-22-21-15(26-12-27-22)3-5-17(29-21)33-13-6-7-25-10-13/h2-5,12-13,25H,1,6-11H2,(H,26,27,28)/t13-/m0/s1. The molecule has 11 heteroatoms. The first-order valence-corrected chi connectivity index (χ1v) is 11.1. The van der Waals surface area contributed by atoms with Gasteiger partial charge in [0.05, 0.1) is 11.2 Å². The SMILES string of the molecule is O=C(COc1ccc(Nc2ncnc3ccc(O[C@H]4CCNC4)nc23)c(F)c1Cl)N1CCC1. The third kappa shape index (κ3) is 4.62. The normalized spacial score (nSPS) is 17.6. The monoisotopic (exact) mass is 472 g/mol. The minimum absolute atomic E-state index is 0.0489. The molecule has 3 aromatic rings. The second-order valence-corrected chi connectivity index (χ2v) is 8.24. The van der Waals surface area contributed by atoms with Crippen LogP contribution in [0.25, 0.3) is 11.0 Å². The molecular weight excluding hydrogens is 451 g/mol. The molecule has 0 spiro atoms. The number of rotatable bonds is 7. The molecule has 9 nitrogen and oxygen atoms in total. The van der Waals surface area contributed by atoms with Crippen molar-refractivity contribution < 1.29 is 18.7 Å². The number of likely N-dealkylation sites (tertiary alicyclic amines) is 1. The van der Waals surface area contributed by atoms with Crippen LogP contribution >= 0.6 is 11.6 Å². The molecule has 0 unspecified atom stereocenters. The minimum Gasteiger partial charge on any atom is -0.482 e. The lowest BCUT2D eigenvalue weighted by atomic mass is 10.2. The zero-order valence-corrected chi connectivity index (χ0v) is 18.4. The molecular formula is C22H22ClFN6O3. The Kier molecular flexibility index (Phi) is 6.10. The zero-order chi connectivity index (χ0) is 22.8. The summed E-state index contributed by atoms with van der Waals surface area (Å²) in [6.07, 6.45) is 3.30. The van der Waals surface area contributed by atoms with Gasteiger partial charge in [-0.25, -0.2) is 19.3 Å². The fraction of sp³-hybridized carbons (Fsp3) is 0.364. The van der Waals surface area contributed by atoms with Crippen molar-refractivity contribution in [3.8, 4) is 11.6 Å². The molecule has 2 aromatic heterocycles. The van der Waals surface area contributed by atoms with Crippen LogP contribution in [0.4, 0.5) is 15.9 Å². The number of fused-ring (bicyclic) bond motifs is 1. The Morgan fingerprint density at radius 1 is 1.27 bits per heavy atom. The van der Waals surface area contributed by atoms with E-state index in [0.717, 1.165) is 39.0 Å². The lowest BCUT2D eigenvalue weighted by Crippen LogP contribution is -2.44. The summed E-state index contributed by atoms with van der Waals surface area (Å²) in [7, 11) is 0. The number of nitrogens with one attached hydrogen (secondary N) is 2. The number of hydrogen-bond acceptors (Lipinski definition) is 8. The van der Waals surface area contributed by atoms with Gasteiger partial charge in [-0.1, -0.05) is 11.6 Å². The number of anilines is 2. The maximum absolute atomic E-state index is 15.0. The van der Waals surface area contributed by atoms with Crippen LogP contribution in [0.1, 0.15) is 12.8 Å². The molecule has 2 aliphatic rings. The Morgan fingerprint density at radius 2 is 2.15 bits per heavy atom. The van der Waals surface area contributed by atoms with Gasteiger partial charge in [0.1, 0.15) is 28.7 Å². The van der Waals surface area contributed by atoms with Gasteiger partial charge in [0, 0.05) is 25.7 Å². The fourth-order valence-electron chi connectivity index (χ4n) is 3.64. The van der Waals surface area contributed by atoms with Crippen molar-refractivity contribution in [2.75, 3.05) is 38.1 Å². The van der Waals surface area contributed by atoms with Gasteiger partial charge in [-0.15, -0.1) is 0 Å². The van der Waals surface area contributed by atoms with E-state index < -0.39 is 5.82 Å². The number of carbonyl (C=O) groups is 1. The zero-order valence-electron chi connectivity index (χ0n) is 17.7. The average Bonchev–Trinajstić information content (AvgIpc) is 3.28. The third-order valence-electron chi connectivity index (χ3n) is 5.62. The Morgan fingerprint density at radius 3 is 2.91 bits per heavy atom. The van der Waals surface area contributed by atoms with E-state index in [-0.39, 0.29) is 35.1 Å². The van der Waals surface area contributed by atoms with Crippen LogP contribution < -0.4 is 20.1 Å². The fourth-order valence-corrected chi connectivity index (χ4v) is 3.86. The quantitative estimate of drug-likeness (QED) is 0.541. The first-order chi connectivity index (χ1) is 16.1. The Balaban J connectivity index is 1.34. The molecule has 0 bridgehead atoms. The number of benzene rings is 1. The highest BCUT2D eigenvalue weighted by atomic mass is 35.5. The molecule has 2 aliphatic heterocycles. The summed E-state index contributed by atoms with van der Waals surface area (Å²) < 4.78 is 26.4. The third-order valence-corrected chi connectivity index (χ3v) is 5.97. The second kappa shape index (κ2) is 9.32. The number of hydrogen-bond donors (Lipinski definition) is 2. The summed E-state index contributed by atoms with van der Waals surface area (Å²) in [4.78, 5) is 26.6. The number of pyridine rings is 1. The van der Waals surface area contributed by atoms with E-state index in [1.54, 1.807) is 17.0 Å². The van der Waals surface area contributed by atoms with Crippen molar-refractivity contribution in [2.24, 2.45) is 0 Å². The minimum atomic E-state index is -0.721. The number of halogens is 2. The van der Waals surface area contributed by atoms with E-state index in [4.69, 9.17) is 21.1 Å². The summed E-state index contributed by atoms with van der Waals surface area (Å²) in [6.45, 7) is 2.92. The summed E-state index contributed by atoms with van der Waals surface area (Å²) in [5, 5.41) is 5.95. The van der Waals surface area contributed by atoms with E-state index in [2.05, 4.69) is 25.6 Å². The summed E-state index contributed by atoms with van der Waals surface area (Å²) in [6, 6.07) is 6.52. The smallest absolute Gasteiger partial charge is 0.260 e. The molecule has 0 aliphatic carbocycles. The predicted octanol–water partition coefficient (Wildman–Crippen LogP) is 2.91. The molecule has 0 radical (unpaired) electrons. The van der Waals surface area contributed by atoms with Crippen molar-refractivity contribution in [1.29, 1.82) is 0 Å². The van der Waals surface area contributed by atoms with Crippen LogP contribution in [-0.4, -0.2) is 64.6 Å². The number of ether oxygens (including phenoxy) is 2. The molecule has 172 valence electrons. The van der Waals surface area contributed by atoms with Gasteiger partial charge in [-0.3, -0.25) is 4.79 Å². The van der Waals surface area contributed by atoms with E-state index in [9.17, 15) is 9.18 Å². The van der Waals surface area contributed by atoms with Gasteiger partial charge in [-0.2, -0.15) is 0 Å². The maximum atomic E-state index is 15.0. The van der Waals surface area contributed by atoms with Gasteiger partial charge in [0.25, 0.3) is 5.91 Å². The van der Waals surface area contributed by atoms with Crippen LogP contribution in [0, 0.1) is 5.82 Å². The summed E-state index contributed by atoms with van der Waals surface area (Å²) in [5.74, 6) is -0.0125. The average molecular weight is 473 g/mol. The van der Waals surface area contributed by atoms with Crippen LogP contribution in [0.2, 0.25) is 5.02 Å². The molecule has 2 saturated heterocycles. The first-order valence-electron chi connectivity index (χ1n) is 10.7. The predicted molar refractivity (Wildman–Crippen MR) is 121 cm³/mol. The van der Waals surface area contributed by atoms with Gasteiger partial charge in [0.2, 0.25) is 5.88 Å². The highest BCUT2D eigenvalue weighted by Crippen LogP contribution is 2.34. The van der Waals surface area contributed by atoms with Crippen LogP contribution in [0.15, 0.2) is 30.6 Å². The molecule has 0 saturated carbocycles. The van der Waals surface area contributed by atoms with Crippen LogP contribution in [0.3, 0.4) is 0 Å². The Labute approximate surface area is 194 Å². The van der Waals surface area contributed by atoms with Gasteiger partial charge >= 0.3 is 0 Å². The van der Waals surface area contributed by atoms with Crippen molar-refractivity contribution in [3.63, 3.8) is 0 Å². The van der Waals surface area contributed by atoms with E-state index in [1.807, 2.05) is 0 Å². The summed E-state index contributed by atoms with van der Waals surface area (Å²) >= 11 is 6.17. The number of carbonyl (C=O) groups excluding carboxylic acids is 1. The summed E-state index contributed by atoms with van der Waals surface area (Å²) in [5.41, 5.74) is 1.12. The topological polar surface area (TPSA) is 102 Å². The lowest BCUT2D eigenvalue weighted by molar-refractivity contribution is -0.136. The highest BCUT2D eigenvalue weighted by molar-refractivity contribution is 6.32. The number of nitrogens with zero attached hydrogens (tertiary/aromatic N) is 4. The van der Waals surface area contributed by atoms with Crippen molar-refractivity contribution in [2.45, 2.75) is 18.9 Å². The van der Waals surface area contributed by atoms with Crippen molar-refractivity contribution >= 4 is 40.0 Å². The van der Waals surface area contributed by atoms with Gasteiger partial charge in [-0.05, 0) is 37.6 Å². The molecule has 1 atom stereocenters. The van der Waals surface area contributed by atoms with Crippen molar-refractivity contribution in [1.82, 2.24) is 25.2 Å². The molecule has 33 heavy (non-hydrogen) atoms. The molecule has 5 rings (SSSR count). The molecule has 1 aromatic carbocycles. The van der Waals surface area contributed by atoms with Crippen molar-refractivity contribution in [3.05, 3.63) is 41.4 Å². The largest absolute Gasteiger partial charge is 0.482 e. The van der Waals surface area contributed by atoms with Crippen LogP contribution in [-0.2, 0) is 4.79 Å². The Bertz CT molecular complexity index is 1190.